The normalized spacial score (nSPS) is 21.0. The van der Waals surface area contributed by atoms with Crippen LogP contribution in [0.25, 0.3) is 0 Å². The van der Waals surface area contributed by atoms with Crippen molar-refractivity contribution in [2.75, 3.05) is 24.3 Å². The van der Waals surface area contributed by atoms with Gasteiger partial charge in [-0.15, -0.1) is 11.3 Å². The Morgan fingerprint density at radius 3 is 2.80 bits per heavy atom. The molecule has 2 rings (SSSR count). The highest BCUT2D eigenvalue weighted by Crippen LogP contribution is 2.27. The molecule has 1 aliphatic heterocycles. The number of rotatable bonds is 4. The fourth-order valence-electron chi connectivity index (χ4n) is 2.19. The van der Waals surface area contributed by atoms with E-state index in [1.165, 1.54) is 17.6 Å². The molecule has 0 bridgehead atoms. The summed E-state index contributed by atoms with van der Waals surface area (Å²) in [7, 11) is -3.13. The molecule has 0 radical (unpaired) electrons. The predicted molar refractivity (Wildman–Crippen MR) is 82.4 cm³/mol. The van der Waals surface area contributed by atoms with Gasteiger partial charge in [-0.05, 0) is 18.6 Å². The molecule has 1 saturated heterocycles. The first-order chi connectivity index (χ1) is 9.29. The first kappa shape index (κ1) is 15.8. The van der Waals surface area contributed by atoms with Crippen LogP contribution in [0.2, 0.25) is 0 Å². The molecule has 8 heteroatoms. The summed E-state index contributed by atoms with van der Waals surface area (Å²) in [4.78, 5) is 14.2. The molecule has 1 fully saturated rings. The molecule has 0 amide bonds. The summed E-state index contributed by atoms with van der Waals surface area (Å²) in [5.41, 5.74) is 0.910. The van der Waals surface area contributed by atoms with E-state index in [9.17, 15) is 13.2 Å². The fourth-order valence-corrected chi connectivity index (χ4v) is 6.01. The summed E-state index contributed by atoms with van der Waals surface area (Å²) in [6.45, 7) is 3.08. The van der Waals surface area contributed by atoms with Crippen LogP contribution in [0.1, 0.15) is 20.1 Å². The molecule has 0 aromatic carbocycles. The zero-order valence-corrected chi connectivity index (χ0v) is 13.8. The number of aryl methyl sites for hydroxylation is 1. The van der Waals surface area contributed by atoms with E-state index in [0.717, 1.165) is 16.2 Å². The van der Waals surface area contributed by atoms with E-state index in [1.807, 2.05) is 11.8 Å². The average Bonchev–Trinajstić information content (AvgIpc) is 2.71. The zero-order valence-electron chi connectivity index (χ0n) is 11.3. The highest BCUT2D eigenvalue weighted by Gasteiger charge is 2.31. The Bertz CT molecular complexity index is 608. The Labute approximate surface area is 126 Å². The Balaban J connectivity index is 2.21. The van der Waals surface area contributed by atoms with Crippen molar-refractivity contribution in [3.63, 3.8) is 0 Å². The van der Waals surface area contributed by atoms with Crippen LogP contribution in [-0.4, -0.2) is 54.1 Å². The van der Waals surface area contributed by atoms with E-state index in [0.29, 0.717) is 23.7 Å². The van der Waals surface area contributed by atoms with Crippen LogP contribution < -0.4 is 0 Å². The molecule has 1 atom stereocenters. The Kier molecular flexibility index (Phi) is 4.78. The van der Waals surface area contributed by atoms with E-state index in [2.05, 4.69) is 0 Å². The highest BCUT2D eigenvalue weighted by atomic mass is 32.2. The molecular weight excluding hydrogens is 318 g/mol. The molecule has 1 aromatic heterocycles. The van der Waals surface area contributed by atoms with Crippen molar-refractivity contribution in [1.82, 2.24) is 4.90 Å². The Hall–Kier alpha value is -0.570. The first-order valence-electron chi connectivity index (χ1n) is 6.12. The van der Waals surface area contributed by atoms with Gasteiger partial charge >= 0.3 is 5.97 Å². The Morgan fingerprint density at radius 2 is 2.25 bits per heavy atom. The third-order valence-corrected chi connectivity index (χ3v) is 7.06. The summed E-state index contributed by atoms with van der Waals surface area (Å²) in [5.74, 6) is 0.549. The summed E-state index contributed by atoms with van der Waals surface area (Å²) in [5, 5.41) is 8.53. The van der Waals surface area contributed by atoms with Crippen molar-refractivity contribution >= 4 is 38.9 Å². The lowest BCUT2D eigenvalue weighted by molar-refractivity contribution is 0.0702. The summed E-state index contributed by atoms with van der Waals surface area (Å²) in [6, 6.07) is 1.66. The maximum atomic E-state index is 11.8. The molecule has 112 valence electrons. The van der Waals surface area contributed by atoms with Crippen molar-refractivity contribution in [2.24, 2.45) is 0 Å². The molecule has 0 aliphatic carbocycles. The molecule has 1 aliphatic rings. The minimum absolute atomic E-state index is 0.305. The lowest BCUT2D eigenvalue weighted by Crippen LogP contribution is -2.46. The summed E-state index contributed by atoms with van der Waals surface area (Å²) >= 11 is 2.89. The number of sulfone groups is 1. The van der Waals surface area contributed by atoms with Crippen LogP contribution >= 0.6 is 23.1 Å². The maximum absolute atomic E-state index is 11.8. The smallest absolute Gasteiger partial charge is 0.345 e. The van der Waals surface area contributed by atoms with Gasteiger partial charge < -0.3 is 5.11 Å². The first-order valence-corrected chi connectivity index (χ1v) is 10.0. The van der Waals surface area contributed by atoms with Crippen molar-refractivity contribution in [3.8, 4) is 0 Å². The van der Waals surface area contributed by atoms with Crippen LogP contribution in [-0.2, 0) is 16.4 Å². The van der Waals surface area contributed by atoms with Crippen LogP contribution in [0.5, 0.6) is 0 Å². The van der Waals surface area contributed by atoms with Crippen molar-refractivity contribution in [3.05, 3.63) is 21.4 Å². The number of thiophene rings is 1. The summed E-state index contributed by atoms with van der Waals surface area (Å²) in [6.07, 6.45) is 1.26. The van der Waals surface area contributed by atoms with E-state index < -0.39 is 21.2 Å². The monoisotopic (exact) mass is 335 g/mol. The third-order valence-electron chi connectivity index (χ3n) is 3.29. The number of carbonyl (C=O) groups is 1. The number of aromatic carboxylic acids is 1. The number of thioether (sulfide) groups is 1. The molecule has 0 spiro atoms. The minimum atomic E-state index is -3.13. The second kappa shape index (κ2) is 6.05. The molecular formula is C12H17NO4S3. The van der Waals surface area contributed by atoms with Gasteiger partial charge in [0, 0.05) is 35.7 Å². The largest absolute Gasteiger partial charge is 0.477 e. The van der Waals surface area contributed by atoms with Crippen LogP contribution in [0.15, 0.2) is 6.07 Å². The predicted octanol–water partition coefficient (Wildman–Crippen LogP) is 1.67. The molecule has 1 aromatic rings. The highest BCUT2D eigenvalue weighted by molar-refractivity contribution is 8.00. The molecule has 1 unspecified atom stereocenters. The van der Waals surface area contributed by atoms with Gasteiger partial charge in [0.25, 0.3) is 0 Å². The average molecular weight is 335 g/mol. The van der Waals surface area contributed by atoms with Crippen molar-refractivity contribution in [1.29, 1.82) is 0 Å². The second-order valence-corrected chi connectivity index (χ2v) is 9.44. The number of nitrogens with zero attached hydrogens (tertiary/aromatic N) is 1. The molecule has 1 N–H and O–H groups in total. The standard InChI is InChI=1S/C12H17NO4S3/c1-8-9(5-10(19-8)12(14)15)6-13-3-4-18-7-11(13)20(2,16)17/h5,11H,3-4,6-7H2,1-2H3,(H,14,15). The van der Waals surface area contributed by atoms with Crippen molar-refractivity contribution < 1.29 is 18.3 Å². The minimum Gasteiger partial charge on any atom is -0.477 e. The quantitative estimate of drug-likeness (QED) is 0.902. The van der Waals surface area contributed by atoms with Crippen LogP contribution in [0, 0.1) is 6.92 Å². The zero-order chi connectivity index (χ0) is 14.9. The van der Waals surface area contributed by atoms with Gasteiger partial charge in [-0.2, -0.15) is 11.8 Å². The lowest BCUT2D eigenvalue weighted by Gasteiger charge is -2.33. The van der Waals surface area contributed by atoms with Gasteiger partial charge in [0.15, 0.2) is 9.84 Å². The van der Waals surface area contributed by atoms with Gasteiger partial charge in [-0.25, -0.2) is 13.2 Å². The van der Waals surface area contributed by atoms with E-state index in [1.54, 1.807) is 17.8 Å². The third kappa shape index (κ3) is 3.55. The molecule has 20 heavy (non-hydrogen) atoms. The van der Waals surface area contributed by atoms with E-state index in [4.69, 9.17) is 5.11 Å². The van der Waals surface area contributed by atoms with Gasteiger partial charge in [0.1, 0.15) is 10.3 Å². The molecule has 5 nitrogen and oxygen atoms in total. The fraction of sp³-hybridized carbons (Fsp3) is 0.583. The maximum Gasteiger partial charge on any atom is 0.345 e. The van der Waals surface area contributed by atoms with Crippen LogP contribution in [0.3, 0.4) is 0 Å². The number of hydrogen-bond acceptors (Lipinski definition) is 6. The van der Waals surface area contributed by atoms with Crippen LogP contribution in [0.4, 0.5) is 0 Å². The van der Waals surface area contributed by atoms with Gasteiger partial charge in [0.05, 0.1) is 0 Å². The SMILES string of the molecule is Cc1sc(C(=O)O)cc1CN1CCSCC1S(C)(=O)=O. The van der Waals surface area contributed by atoms with Gasteiger partial charge in [-0.1, -0.05) is 0 Å². The van der Waals surface area contributed by atoms with Gasteiger partial charge in [0.2, 0.25) is 0 Å². The second-order valence-electron chi connectivity index (χ2n) is 4.83. The number of carboxylic acids is 1. The molecule has 2 heterocycles. The van der Waals surface area contributed by atoms with E-state index in [-0.39, 0.29) is 0 Å². The summed E-state index contributed by atoms with van der Waals surface area (Å²) < 4.78 is 23.7. The van der Waals surface area contributed by atoms with Crippen molar-refractivity contribution in [2.45, 2.75) is 18.8 Å². The number of hydrogen-bond donors (Lipinski definition) is 1. The Morgan fingerprint density at radius 1 is 1.55 bits per heavy atom. The van der Waals surface area contributed by atoms with Gasteiger partial charge in [-0.3, -0.25) is 4.90 Å². The lowest BCUT2D eigenvalue weighted by atomic mass is 10.2. The topological polar surface area (TPSA) is 74.7 Å². The number of carboxylic acid groups (broad SMARTS) is 1. The molecule has 0 saturated carbocycles. The van der Waals surface area contributed by atoms with E-state index >= 15 is 0 Å².